The Kier molecular flexibility index (Phi) is 4.49. The van der Waals surface area contributed by atoms with Crippen LogP contribution in [-0.4, -0.2) is 28.5 Å². The van der Waals surface area contributed by atoms with E-state index in [1.807, 2.05) is 45.9 Å². The van der Waals surface area contributed by atoms with Crippen LogP contribution in [0.5, 0.6) is 0 Å². The van der Waals surface area contributed by atoms with Gasteiger partial charge in [-0.1, -0.05) is 43.3 Å². The average Bonchev–Trinajstić information content (AvgIpc) is 3.02. The molecule has 134 valence electrons. The smallest absolute Gasteiger partial charge is 0.270 e. The van der Waals surface area contributed by atoms with Gasteiger partial charge in [-0.25, -0.2) is 4.39 Å². The molecule has 1 fully saturated rings. The van der Waals surface area contributed by atoms with Crippen LogP contribution in [0.2, 0.25) is 0 Å². The van der Waals surface area contributed by atoms with Crippen molar-refractivity contribution in [3.8, 4) is 0 Å². The third-order valence-electron chi connectivity index (χ3n) is 5.39. The summed E-state index contributed by atoms with van der Waals surface area (Å²) in [7, 11) is 0. The second-order valence-electron chi connectivity index (χ2n) is 7.24. The molecule has 2 aromatic carbocycles. The van der Waals surface area contributed by atoms with Gasteiger partial charge in [0.15, 0.2) is 0 Å². The number of hydrogen-bond acceptors (Lipinski definition) is 1. The van der Waals surface area contributed by atoms with Crippen molar-refractivity contribution in [2.45, 2.75) is 26.3 Å². The molecule has 0 aliphatic carbocycles. The van der Waals surface area contributed by atoms with E-state index in [-0.39, 0.29) is 11.7 Å². The van der Waals surface area contributed by atoms with E-state index in [2.05, 4.69) is 6.92 Å². The Hall–Kier alpha value is -2.62. The lowest BCUT2D eigenvalue weighted by Crippen LogP contribution is -2.38. The van der Waals surface area contributed by atoms with E-state index in [9.17, 15) is 9.18 Å². The topological polar surface area (TPSA) is 25.2 Å². The van der Waals surface area contributed by atoms with E-state index >= 15 is 0 Å². The van der Waals surface area contributed by atoms with Gasteiger partial charge in [-0.05, 0) is 37.0 Å². The highest BCUT2D eigenvalue weighted by Crippen LogP contribution is 2.25. The lowest BCUT2D eigenvalue weighted by Gasteiger charge is -2.30. The van der Waals surface area contributed by atoms with Crippen molar-refractivity contribution < 1.29 is 9.18 Å². The first kappa shape index (κ1) is 16.8. The van der Waals surface area contributed by atoms with Crippen molar-refractivity contribution in [3.05, 3.63) is 71.7 Å². The summed E-state index contributed by atoms with van der Waals surface area (Å²) < 4.78 is 16.2. The minimum Gasteiger partial charge on any atom is -0.337 e. The van der Waals surface area contributed by atoms with Crippen molar-refractivity contribution in [1.82, 2.24) is 9.47 Å². The first-order valence-corrected chi connectivity index (χ1v) is 9.24. The first-order chi connectivity index (χ1) is 12.6. The molecule has 1 saturated heterocycles. The van der Waals surface area contributed by atoms with Crippen LogP contribution in [0, 0.1) is 11.7 Å². The molecule has 0 N–H and O–H groups in total. The minimum atomic E-state index is -0.240. The van der Waals surface area contributed by atoms with Crippen molar-refractivity contribution in [1.29, 1.82) is 0 Å². The summed E-state index contributed by atoms with van der Waals surface area (Å²) in [6, 6.07) is 16.6. The van der Waals surface area contributed by atoms with Crippen LogP contribution in [0.3, 0.4) is 0 Å². The van der Waals surface area contributed by atoms with Gasteiger partial charge in [0.25, 0.3) is 5.91 Å². The highest BCUT2D eigenvalue weighted by atomic mass is 19.1. The molecular weight excluding hydrogens is 327 g/mol. The van der Waals surface area contributed by atoms with Gasteiger partial charge in [-0.15, -0.1) is 0 Å². The van der Waals surface area contributed by atoms with Crippen LogP contribution in [0.15, 0.2) is 54.6 Å². The van der Waals surface area contributed by atoms with E-state index < -0.39 is 0 Å². The summed E-state index contributed by atoms with van der Waals surface area (Å²) in [6.45, 7) is 4.17. The average molecular weight is 350 g/mol. The largest absolute Gasteiger partial charge is 0.337 e. The number of halogens is 1. The maximum Gasteiger partial charge on any atom is 0.270 e. The second-order valence-corrected chi connectivity index (χ2v) is 7.24. The number of aromatic nitrogens is 1. The van der Waals surface area contributed by atoms with Crippen LogP contribution in [0.4, 0.5) is 4.39 Å². The predicted octanol–water partition coefficient (Wildman–Crippen LogP) is 4.70. The number of carbonyl (C=O) groups excluding carboxylic acids is 1. The fourth-order valence-corrected chi connectivity index (χ4v) is 3.73. The van der Waals surface area contributed by atoms with Crippen molar-refractivity contribution >= 4 is 16.8 Å². The zero-order valence-corrected chi connectivity index (χ0v) is 15.0. The molecule has 26 heavy (non-hydrogen) atoms. The Labute approximate surface area is 153 Å². The number of piperidine rings is 1. The van der Waals surface area contributed by atoms with Gasteiger partial charge < -0.3 is 9.47 Å². The Morgan fingerprint density at radius 1 is 1.08 bits per heavy atom. The third kappa shape index (κ3) is 3.12. The number of rotatable bonds is 3. The summed E-state index contributed by atoms with van der Waals surface area (Å²) in [5, 5.41) is 1.01. The second kappa shape index (κ2) is 6.94. The molecule has 0 radical (unpaired) electrons. The lowest BCUT2D eigenvalue weighted by molar-refractivity contribution is 0.0687. The molecule has 4 heteroatoms. The number of hydrogen-bond donors (Lipinski definition) is 0. The molecule has 1 aliphatic heterocycles. The molecule has 0 saturated carbocycles. The van der Waals surface area contributed by atoms with Crippen LogP contribution >= 0.6 is 0 Å². The number of benzene rings is 2. The van der Waals surface area contributed by atoms with Crippen molar-refractivity contribution in [2.75, 3.05) is 13.1 Å². The SMILES string of the molecule is CC1CCN(C(=O)c2cc3ccccc3n2Cc2ccccc2F)CC1. The van der Waals surface area contributed by atoms with Crippen molar-refractivity contribution in [2.24, 2.45) is 5.92 Å². The molecule has 3 nitrogen and oxygen atoms in total. The normalized spacial score (nSPS) is 15.5. The van der Waals surface area contributed by atoms with Gasteiger partial charge in [-0.3, -0.25) is 4.79 Å². The summed E-state index contributed by atoms with van der Waals surface area (Å²) >= 11 is 0. The van der Waals surface area contributed by atoms with Gasteiger partial charge in [-0.2, -0.15) is 0 Å². The van der Waals surface area contributed by atoms with Crippen LogP contribution in [0.1, 0.15) is 35.8 Å². The molecule has 3 aromatic rings. The predicted molar refractivity (Wildman–Crippen MR) is 102 cm³/mol. The third-order valence-corrected chi connectivity index (χ3v) is 5.39. The summed E-state index contributed by atoms with van der Waals surface area (Å²) in [5.41, 5.74) is 2.20. The Morgan fingerprint density at radius 3 is 2.54 bits per heavy atom. The fourth-order valence-electron chi connectivity index (χ4n) is 3.73. The molecule has 0 spiro atoms. The number of fused-ring (bicyclic) bond motifs is 1. The lowest BCUT2D eigenvalue weighted by atomic mass is 9.99. The van der Waals surface area contributed by atoms with Gasteiger partial charge in [0.05, 0.1) is 6.54 Å². The molecule has 1 aromatic heterocycles. The maximum absolute atomic E-state index is 14.2. The van der Waals surface area contributed by atoms with Crippen LogP contribution < -0.4 is 0 Å². The molecule has 2 heterocycles. The Bertz CT molecular complexity index is 938. The van der Waals surface area contributed by atoms with E-state index in [1.165, 1.54) is 6.07 Å². The molecule has 0 bridgehead atoms. The number of carbonyl (C=O) groups is 1. The standard InChI is InChI=1S/C22H23FN2O/c1-16-10-12-24(13-11-16)22(26)21-14-17-6-3-5-9-20(17)25(21)15-18-7-2-4-8-19(18)23/h2-9,14,16H,10-13,15H2,1H3. The molecule has 1 aliphatic rings. The molecule has 0 atom stereocenters. The summed E-state index contributed by atoms with van der Waals surface area (Å²) in [4.78, 5) is 15.1. The quantitative estimate of drug-likeness (QED) is 0.672. The zero-order chi connectivity index (χ0) is 18.1. The monoisotopic (exact) mass is 350 g/mol. The van der Waals surface area contributed by atoms with E-state index in [0.29, 0.717) is 23.7 Å². The van der Waals surface area contributed by atoms with Gasteiger partial charge in [0.2, 0.25) is 0 Å². The van der Waals surface area contributed by atoms with Crippen molar-refractivity contribution in [3.63, 3.8) is 0 Å². The first-order valence-electron chi connectivity index (χ1n) is 9.24. The number of amides is 1. The molecule has 0 unspecified atom stereocenters. The van der Waals surface area contributed by atoms with Gasteiger partial charge in [0, 0.05) is 29.6 Å². The highest BCUT2D eigenvalue weighted by Gasteiger charge is 2.25. The van der Waals surface area contributed by atoms with Crippen LogP contribution in [0.25, 0.3) is 10.9 Å². The molecular formula is C22H23FN2O. The van der Waals surface area contributed by atoms with Crippen LogP contribution in [-0.2, 0) is 6.54 Å². The van der Waals surface area contributed by atoms with E-state index in [1.54, 1.807) is 12.1 Å². The number of nitrogens with zero attached hydrogens (tertiary/aromatic N) is 2. The summed E-state index contributed by atoms with van der Waals surface area (Å²) in [6.07, 6.45) is 2.08. The van der Waals surface area contributed by atoms with E-state index in [0.717, 1.165) is 36.8 Å². The number of para-hydroxylation sites is 1. The molecule has 1 amide bonds. The van der Waals surface area contributed by atoms with Gasteiger partial charge in [0.1, 0.15) is 11.5 Å². The maximum atomic E-state index is 14.2. The Balaban J connectivity index is 1.74. The zero-order valence-electron chi connectivity index (χ0n) is 15.0. The Morgan fingerprint density at radius 2 is 1.77 bits per heavy atom. The fraction of sp³-hybridized carbons (Fsp3) is 0.318. The summed E-state index contributed by atoms with van der Waals surface area (Å²) in [5.74, 6) is 0.475. The van der Waals surface area contributed by atoms with E-state index in [4.69, 9.17) is 0 Å². The molecule has 4 rings (SSSR count). The van der Waals surface area contributed by atoms with Gasteiger partial charge >= 0.3 is 0 Å². The highest BCUT2D eigenvalue weighted by molar-refractivity contribution is 5.98. The minimum absolute atomic E-state index is 0.0458. The number of likely N-dealkylation sites (tertiary alicyclic amines) is 1.